The van der Waals surface area contributed by atoms with Gasteiger partial charge in [0.2, 0.25) is 6.79 Å². The fraction of sp³-hybridized carbons (Fsp3) is 0.364. The highest BCUT2D eigenvalue weighted by atomic mass is 16.7. The van der Waals surface area contributed by atoms with Crippen LogP contribution in [0.3, 0.4) is 0 Å². The zero-order valence-corrected chi connectivity index (χ0v) is 9.52. The van der Waals surface area contributed by atoms with Gasteiger partial charge in [0.15, 0.2) is 18.3 Å². The Hall–Kier alpha value is -1.95. The Morgan fingerprint density at radius 2 is 2.00 bits per heavy atom. The van der Waals surface area contributed by atoms with E-state index in [1.807, 2.05) is 0 Å². The Balaban J connectivity index is 2.36. The molecule has 1 aliphatic heterocycles. The van der Waals surface area contributed by atoms with Gasteiger partial charge in [-0.05, 0) is 0 Å². The van der Waals surface area contributed by atoms with Crippen LogP contribution in [0, 0.1) is 0 Å². The summed E-state index contributed by atoms with van der Waals surface area (Å²) in [6.45, 7) is 0.160. The lowest BCUT2D eigenvalue weighted by molar-refractivity contribution is 0.0464. The molecule has 0 fully saturated rings. The molecule has 0 amide bonds. The molecule has 1 heterocycles. The molecule has 1 aliphatic rings. The zero-order chi connectivity index (χ0) is 12.3. The summed E-state index contributed by atoms with van der Waals surface area (Å²) in [6.07, 6.45) is 0. The fourth-order valence-corrected chi connectivity index (χ4v) is 1.43. The monoisotopic (exact) mass is 240 g/mol. The molecule has 0 aliphatic carbocycles. The van der Waals surface area contributed by atoms with E-state index in [2.05, 4.69) is 4.74 Å². The van der Waals surface area contributed by atoms with Crippen LogP contribution in [-0.4, -0.2) is 33.8 Å². The minimum atomic E-state index is -0.505. The summed E-state index contributed by atoms with van der Waals surface area (Å²) < 4.78 is 25.1. The summed E-state index contributed by atoms with van der Waals surface area (Å²) in [4.78, 5) is 11.6. The number of benzene rings is 1. The summed E-state index contributed by atoms with van der Waals surface area (Å²) >= 11 is 0. The van der Waals surface area contributed by atoms with Gasteiger partial charge >= 0.3 is 5.97 Å². The van der Waals surface area contributed by atoms with Crippen molar-refractivity contribution in [1.82, 2.24) is 0 Å². The van der Waals surface area contributed by atoms with Crippen molar-refractivity contribution in [1.29, 1.82) is 0 Å². The van der Waals surface area contributed by atoms with Gasteiger partial charge in [-0.15, -0.1) is 0 Å². The van der Waals surface area contributed by atoms with Crippen molar-refractivity contribution in [3.8, 4) is 17.2 Å². The number of ether oxygens (including phenoxy) is 5. The number of esters is 1. The third-order valence-electron chi connectivity index (χ3n) is 2.21. The van der Waals surface area contributed by atoms with Crippen molar-refractivity contribution < 1.29 is 28.5 Å². The van der Waals surface area contributed by atoms with Crippen molar-refractivity contribution >= 4 is 5.97 Å². The lowest BCUT2D eigenvalue weighted by Gasteiger charge is -2.10. The van der Waals surface area contributed by atoms with Gasteiger partial charge in [-0.1, -0.05) is 0 Å². The number of rotatable bonds is 4. The number of hydrogen-bond donors (Lipinski definition) is 0. The zero-order valence-electron chi connectivity index (χ0n) is 9.52. The Morgan fingerprint density at radius 3 is 2.65 bits per heavy atom. The van der Waals surface area contributed by atoms with E-state index in [1.165, 1.54) is 20.3 Å². The predicted molar refractivity (Wildman–Crippen MR) is 56.4 cm³/mol. The van der Waals surface area contributed by atoms with Crippen molar-refractivity contribution in [2.75, 3.05) is 27.8 Å². The smallest absolute Gasteiger partial charge is 0.341 e. The fourth-order valence-electron chi connectivity index (χ4n) is 1.43. The molecule has 0 saturated heterocycles. The van der Waals surface area contributed by atoms with Gasteiger partial charge in [-0.3, -0.25) is 0 Å². The summed E-state index contributed by atoms with van der Waals surface area (Å²) in [6, 6.07) is 3.10. The number of methoxy groups -OCH3 is 2. The highest BCUT2D eigenvalue weighted by Crippen LogP contribution is 2.38. The van der Waals surface area contributed by atoms with Gasteiger partial charge in [0.25, 0.3) is 0 Å². The van der Waals surface area contributed by atoms with Gasteiger partial charge < -0.3 is 23.7 Å². The topological polar surface area (TPSA) is 63.2 Å². The number of carbonyl (C=O) groups excluding carboxylic acids is 1. The van der Waals surface area contributed by atoms with E-state index in [4.69, 9.17) is 18.9 Å². The van der Waals surface area contributed by atoms with E-state index in [0.29, 0.717) is 17.2 Å². The van der Waals surface area contributed by atoms with Crippen LogP contribution in [0.5, 0.6) is 17.2 Å². The van der Waals surface area contributed by atoms with Crippen molar-refractivity contribution in [2.45, 2.75) is 0 Å². The largest absolute Gasteiger partial charge is 0.467 e. The molecular weight excluding hydrogens is 228 g/mol. The highest BCUT2D eigenvalue weighted by molar-refractivity contribution is 5.93. The molecule has 6 heteroatoms. The Kier molecular flexibility index (Phi) is 3.34. The normalized spacial score (nSPS) is 12.4. The van der Waals surface area contributed by atoms with Gasteiger partial charge in [0, 0.05) is 19.2 Å². The molecular formula is C11H12O6. The Labute approximate surface area is 98.0 Å². The van der Waals surface area contributed by atoms with E-state index in [0.717, 1.165) is 0 Å². The lowest BCUT2D eigenvalue weighted by Crippen LogP contribution is -2.07. The van der Waals surface area contributed by atoms with Crippen molar-refractivity contribution in [2.24, 2.45) is 0 Å². The van der Waals surface area contributed by atoms with Crippen molar-refractivity contribution in [3.63, 3.8) is 0 Å². The maximum absolute atomic E-state index is 11.6. The second-order valence-electron chi connectivity index (χ2n) is 3.24. The molecule has 1 aromatic rings. The van der Waals surface area contributed by atoms with Crippen molar-refractivity contribution in [3.05, 3.63) is 17.7 Å². The molecule has 0 bridgehead atoms. The predicted octanol–water partition coefficient (Wildman–Crippen LogP) is 1.18. The quantitative estimate of drug-likeness (QED) is 0.581. The maximum atomic E-state index is 11.6. The number of fused-ring (bicyclic) bond motifs is 1. The second-order valence-corrected chi connectivity index (χ2v) is 3.24. The van der Waals surface area contributed by atoms with E-state index >= 15 is 0 Å². The molecule has 6 nitrogen and oxygen atoms in total. The minimum Gasteiger partial charge on any atom is -0.467 e. The van der Waals surface area contributed by atoms with E-state index in [9.17, 15) is 4.79 Å². The maximum Gasteiger partial charge on any atom is 0.341 e. The van der Waals surface area contributed by atoms with E-state index in [-0.39, 0.29) is 19.1 Å². The van der Waals surface area contributed by atoms with Crippen LogP contribution in [0.15, 0.2) is 12.1 Å². The molecule has 0 saturated carbocycles. The average molecular weight is 240 g/mol. The van der Waals surface area contributed by atoms with Crippen LogP contribution in [0.4, 0.5) is 0 Å². The summed E-state index contributed by atoms with van der Waals surface area (Å²) in [7, 11) is 2.79. The molecule has 0 unspecified atom stereocenters. The first kappa shape index (κ1) is 11.5. The highest BCUT2D eigenvalue weighted by Gasteiger charge is 2.22. The molecule has 2 rings (SSSR count). The Morgan fingerprint density at radius 1 is 1.29 bits per heavy atom. The summed E-state index contributed by atoms with van der Waals surface area (Å²) in [5.74, 6) is 0.858. The lowest BCUT2D eigenvalue weighted by atomic mass is 10.2. The molecule has 0 spiro atoms. The van der Waals surface area contributed by atoms with Gasteiger partial charge in [-0.25, -0.2) is 4.79 Å². The first-order valence-corrected chi connectivity index (χ1v) is 4.90. The summed E-state index contributed by atoms with van der Waals surface area (Å²) in [5, 5.41) is 0. The molecule has 0 aromatic heterocycles. The SMILES string of the molecule is COCOc1cc2c(cc1C(=O)OC)OCO2. The van der Waals surface area contributed by atoms with Crippen LogP contribution in [0.2, 0.25) is 0 Å². The van der Waals surface area contributed by atoms with Gasteiger partial charge in [0.05, 0.1) is 7.11 Å². The molecule has 0 atom stereocenters. The first-order valence-electron chi connectivity index (χ1n) is 4.90. The van der Waals surface area contributed by atoms with Gasteiger partial charge in [0.1, 0.15) is 11.3 Å². The molecule has 0 N–H and O–H groups in total. The van der Waals surface area contributed by atoms with Crippen LogP contribution in [0.25, 0.3) is 0 Å². The van der Waals surface area contributed by atoms with Crippen LogP contribution in [0.1, 0.15) is 10.4 Å². The van der Waals surface area contributed by atoms with E-state index in [1.54, 1.807) is 6.07 Å². The number of hydrogen-bond acceptors (Lipinski definition) is 6. The third-order valence-corrected chi connectivity index (χ3v) is 2.21. The Bertz CT molecular complexity index is 428. The molecule has 1 aromatic carbocycles. The minimum absolute atomic E-state index is 0.0314. The number of carbonyl (C=O) groups is 1. The first-order chi connectivity index (χ1) is 8.26. The van der Waals surface area contributed by atoms with E-state index < -0.39 is 5.97 Å². The van der Waals surface area contributed by atoms with Gasteiger partial charge in [-0.2, -0.15) is 0 Å². The molecule has 17 heavy (non-hydrogen) atoms. The second kappa shape index (κ2) is 4.92. The van der Waals surface area contributed by atoms with Crippen LogP contribution in [-0.2, 0) is 9.47 Å². The van der Waals surface area contributed by atoms with Crippen LogP contribution < -0.4 is 14.2 Å². The average Bonchev–Trinajstić information content (AvgIpc) is 2.81. The molecule has 92 valence electrons. The molecule has 0 radical (unpaired) electrons. The standard InChI is InChI=1S/C11H12O6/c1-13-5-15-8-4-10-9(16-6-17-10)3-7(8)11(12)14-2/h3-4H,5-6H2,1-2H3. The third kappa shape index (κ3) is 2.26. The summed E-state index contributed by atoms with van der Waals surface area (Å²) in [5.41, 5.74) is 0.272. The van der Waals surface area contributed by atoms with Crippen LogP contribution >= 0.6 is 0 Å².